The molecule has 0 bridgehead atoms. The number of hydrogen-bond acceptors (Lipinski definition) is 6. The largest absolute Gasteiger partial charge is 0.369 e. The van der Waals surface area contributed by atoms with Crippen molar-refractivity contribution in [1.82, 2.24) is 9.38 Å². The van der Waals surface area contributed by atoms with Crippen LogP contribution in [0.25, 0.3) is 16.2 Å². The molecule has 0 atom stereocenters. The molecule has 25 heavy (non-hydrogen) atoms. The van der Waals surface area contributed by atoms with Crippen molar-refractivity contribution in [1.29, 1.82) is 0 Å². The van der Waals surface area contributed by atoms with Crippen molar-refractivity contribution in [2.24, 2.45) is 21.7 Å². The van der Waals surface area contributed by atoms with E-state index in [1.54, 1.807) is 12.1 Å². The molecule has 4 N–H and O–H groups in total. The van der Waals surface area contributed by atoms with Crippen molar-refractivity contribution in [3.63, 3.8) is 0 Å². The van der Waals surface area contributed by atoms with Gasteiger partial charge in [-0.1, -0.05) is 11.3 Å². The van der Waals surface area contributed by atoms with Gasteiger partial charge in [-0.25, -0.2) is 4.98 Å². The summed E-state index contributed by atoms with van der Waals surface area (Å²) in [4.78, 5) is 15.0. The molecule has 3 rings (SSSR count). The lowest BCUT2D eigenvalue weighted by Crippen LogP contribution is -2.21. The third-order valence-corrected chi connectivity index (χ3v) is 3.81. The number of non-ortho nitro benzene ring substituents is 1. The number of nitrogens with zero attached hydrogens (tertiary/aromatic N) is 5. The number of halogens is 2. The summed E-state index contributed by atoms with van der Waals surface area (Å²) in [5.74, 6) is -0.222. The number of nitro groups is 1. The molecular weight excluding hydrogens is 373 g/mol. The van der Waals surface area contributed by atoms with Crippen LogP contribution in [0.3, 0.4) is 0 Å². The fourth-order valence-corrected chi connectivity index (χ4v) is 2.78. The first-order chi connectivity index (χ1) is 11.5. The molecule has 0 aliphatic carbocycles. The van der Waals surface area contributed by atoms with Gasteiger partial charge in [-0.3, -0.25) is 14.5 Å². The summed E-state index contributed by atoms with van der Waals surface area (Å²) in [6.45, 7) is 0. The Morgan fingerprint density at radius 3 is 2.64 bits per heavy atom. The van der Waals surface area contributed by atoms with Gasteiger partial charge in [0.2, 0.25) is 5.96 Å². The number of nitro benzene ring substituents is 1. The Bertz CT molecular complexity index is 976. The van der Waals surface area contributed by atoms with Crippen LogP contribution in [0.15, 0.2) is 40.7 Å². The zero-order chi connectivity index (χ0) is 17.3. The minimum Gasteiger partial charge on any atom is -0.369 e. The third kappa shape index (κ3) is 3.72. The quantitative estimate of drug-likeness (QED) is 0.307. The molecule has 0 unspecified atom stereocenters. The second-order valence-corrected chi connectivity index (χ2v) is 5.57. The standard InChI is InChI=1S/C13H10FN7O2S.ClH/c14-10-6-20-9(5-17-19-12(15)16)11(18-13(20)24-10)7-1-3-8(4-2-7)21(22)23;/h1-6H,(H4,15,16,19);1H/b17-5-;. The second-order valence-electron chi connectivity index (χ2n) is 4.61. The number of imidazole rings is 1. The molecule has 12 heteroatoms. The molecule has 0 radical (unpaired) electrons. The van der Waals surface area contributed by atoms with E-state index in [4.69, 9.17) is 11.5 Å². The van der Waals surface area contributed by atoms with E-state index < -0.39 is 10.1 Å². The van der Waals surface area contributed by atoms with Crippen molar-refractivity contribution < 1.29 is 9.31 Å². The van der Waals surface area contributed by atoms with Crippen LogP contribution in [0.4, 0.5) is 10.1 Å². The molecule has 2 aromatic heterocycles. The number of hydrogen-bond donors (Lipinski definition) is 2. The highest BCUT2D eigenvalue weighted by molar-refractivity contribution is 7.15. The Morgan fingerprint density at radius 1 is 1.36 bits per heavy atom. The van der Waals surface area contributed by atoms with Gasteiger partial charge in [0.25, 0.3) is 5.69 Å². The summed E-state index contributed by atoms with van der Waals surface area (Å²) < 4.78 is 14.9. The number of guanidine groups is 1. The first kappa shape index (κ1) is 18.3. The van der Waals surface area contributed by atoms with E-state index in [1.807, 2.05) is 0 Å². The average Bonchev–Trinajstić information content (AvgIpc) is 3.04. The third-order valence-electron chi connectivity index (χ3n) is 3.04. The van der Waals surface area contributed by atoms with Gasteiger partial charge in [0.05, 0.1) is 28.7 Å². The Hall–Kier alpha value is -3.05. The van der Waals surface area contributed by atoms with E-state index in [-0.39, 0.29) is 24.1 Å². The monoisotopic (exact) mass is 383 g/mol. The van der Waals surface area contributed by atoms with Crippen molar-refractivity contribution in [2.45, 2.75) is 0 Å². The lowest BCUT2D eigenvalue weighted by Gasteiger charge is -1.99. The lowest BCUT2D eigenvalue weighted by atomic mass is 10.1. The number of thiazole rings is 1. The number of aromatic nitrogens is 2. The molecule has 1 aromatic carbocycles. The molecular formula is C13H11ClFN7O2S. The normalized spacial score (nSPS) is 10.8. The van der Waals surface area contributed by atoms with Crippen LogP contribution < -0.4 is 11.5 Å². The maximum Gasteiger partial charge on any atom is 0.269 e. The average molecular weight is 384 g/mol. The summed E-state index contributed by atoms with van der Waals surface area (Å²) >= 11 is 0.860. The van der Waals surface area contributed by atoms with Gasteiger partial charge in [-0.05, 0) is 12.1 Å². The van der Waals surface area contributed by atoms with Crippen molar-refractivity contribution >= 4 is 46.6 Å². The maximum absolute atomic E-state index is 13.4. The molecule has 2 heterocycles. The fourth-order valence-electron chi connectivity index (χ4n) is 2.06. The van der Waals surface area contributed by atoms with Crippen LogP contribution in [-0.2, 0) is 0 Å². The second kappa shape index (κ2) is 7.23. The van der Waals surface area contributed by atoms with Gasteiger partial charge in [0.15, 0.2) is 10.1 Å². The molecule has 0 fully saturated rings. The summed E-state index contributed by atoms with van der Waals surface area (Å²) in [6, 6.07) is 5.83. The minimum atomic E-state index is -0.494. The minimum absolute atomic E-state index is 0. The molecule has 0 saturated carbocycles. The summed E-state index contributed by atoms with van der Waals surface area (Å²) in [5, 5.41) is 17.6. The first-order valence-corrected chi connectivity index (χ1v) is 7.31. The molecule has 0 saturated heterocycles. The summed E-state index contributed by atoms with van der Waals surface area (Å²) in [6.07, 6.45) is 2.60. The smallest absolute Gasteiger partial charge is 0.269 e. The summed E-state index contributed by atoms with van der Waals surface area (Å²) in [5.41, 5.74) is 11.9. The van der Waals surface area contributed by atoms with Gasteiger partial charge in [-0.15, -0.1) is 17.5 Å². The van der Waals surface area contributed by atoms with Crippen LogP contribution in [0.5, 0.6) is 0 Å². The zero-order valence-electron chi connectivity index (χ0n) is 12.4. The Morgan fingerprint density at radius 2 is 2.04 bits per heavy atom. The van der Waals surface area contributed by atoms with E-state index in [0.29, 0.717) is 21.9 Å². The number of fused-ring (bicyclic) bond motifs is 1. The van der Waals surface area contributed by atoms with E-state index in [1.165, 1.54) is 28.9 Å². The molecule has 0 aliphatic heterocycles. The highest BCUT2D eigenvalue weighted by Crippen LogP contribution is 2.28. The molecule has 0 aliphatic rings. The van der Waals surface area contributed by atoms with Crippen LogP contribution in [0, 0.1) is 15.2 Å². The topological polar surface area (TPSA) is 137 Å². The van der Waals surface area contributed by atoms with Crippen LogP contribution >= 0.6 is 23.7 Å². The molecule has 3 aromatic rings. The highest BCUT2D eigenvalue weighted by atomic mass is 35.5. The first-order valence-electron chi connectivity index (χ1n) is 6.50. The van der Waals surface area contributed by atoms with Gasteiger partial charge in [-0.2, -0.15) is 9.49 Å². The van der Waals surface area contributed by atoms with Gasteiger partial charge in [0.1, 0.15) is 0 Å². The number of benzene rings is 1. The van der Waals surface area contributed by atoms with Gasteiger partial charge < -0.3 is 11.5 Å². The van der Waals surface area contributed by atoms with E-state index in [0.717, 1.165) is 11.3 Å². The molecule has 9 nitrogen and oxygen atoms in total. The number of nitrogens with two attached hydrogens (primary N) is 2. The SMILES string of the molecule is Cl.NC(N)=N/N=C\c1c(-c2ccc([N+](=O)[O-])cc2)nc2sc(F)cn12. The van der Waals surface area contributed by atoms with E-state index in [9.17, 15) is 14.5 Å². The predicted octanol–water partition coefficient (Wildman–Crippen LogP) is 2.14. The molecule has 130 valence electrons. The molecule has 0 spiro atoms. The van der Waals surface area contributed by atoms with Crippen molar-refractivity contribution in [3.05, 3.63) is 51.4 Å². The number of rotatable bonds is 4. The summed E-state index contributed by atoms with van der Waals surface area (Å²) in [7, 11) is 0. The van der Waals surface area contributed by atoms with Gasteiger partial charge >= 0.3 is 0 Å². The Balaban J connectivity index is 0.00000225. The van der Waals surface area contributed by atoms with Crippen molar-refractivity contribution in [3.8, 4) is 11.3 Å². The van der Waals surface area contributed by atoms with E-state index >= 15 is 0 Å². The lowest BCUT2D eigenvalue weighted by molar-refractivity contribution is -0.384. The zero-order valence-corrected chi connectivity index (χ0v) is 14.0. The highest BCUT2D eigenvalue weighted by Gasteiger charge is 2.16. The predicted molar refractivity (Wildman–Crippen MR) is 95.8 cm³/mol. The van der Waals surface area contributed by atoms with E-state index in [2.05, 4.69) is 15.2 Å². The Kier molecular flexibility index (Phi) is 5.29. The van der Waals surface area contributed by atoms with Crippen LogP contribution in [0.2, 0.25) is 0 Å². The maximum atomic E-state index is 13.4. The van der Waals surface area contributed by atoms with Gasteiger partial charge in [0, 0.05) is 17.7 Å². The van der Waals surface area contributed by atoms with Crippen LogP contribution in [0.1, 0.15) is 5.69 Å². The molecule has 0 amide bonds. The van der Waals surface area contributed by atoms with Crippen molar-refractivity contribution in [2.75, 3.05) is 0 Å². The Labute approximate surface area is 150 Å². The van der Waals surface area contributed by atoms with Crippen LogP contribution in [-0.4, -0.2) is 26.5 Å². The fraction of sp³-hybridized carbons (Fsp3) is 0.